The molecule has 0 amide bonds. The van der Waals surface area contributed by atoms with Crippen LogP contribution in [-0.2, 0) is 0 Å². The molecule has 1 aromatic heterocycles. The van der Waals surface area contributed by atoms with Crippen molar-refractivity contribution in [1.82, 2.24) is 10.2 Å². The fraction of sp³-hybridized carbons (Fsp3) is 0.688. The summed E-state index contributed by atoms with van der Waals surface area (Å²) in [6, 6.07) is 4.33. The molecule has 1 aliphatic heterocycles. The number of anilines is 1. The zero-order valence-corrected chi connectivity index (χ0v) is 17.1. The number of aliphatic imine (C=N–C) groups is 1. The van der Waals surface area contributed by atoms with Crippen molar-refractivity contribution in [2.75, 3.05) is 44.7 Å². The Bertz CT molecular complexity index is 425. The predicted octanol–water partition coefficient (Wildman–Crippen LogP) is 3.50. The van der Waals surface area contributed by atoms with E-state index < -0.39 is 0 Å². The van der Waals surface area contributed by atoms with Gasteiger partial charge >= 0.3 is 0 Å². The Balaban J connectivity index is 0.00000242. The molecule has 0 saturated carbocycles. The first kappa shape index (κ1) is 19.5. The first-order chi connectivity index (χ1) is 10.2. The average Bonchev–Trinajstić information content (AvgIpc) is 3.02. The minimum atomic E-state index is 0. The first-order valence-corrected chi connectivity index (χ1v) is 8.82. The molecular weight excluding hydrogens is 407 g/mol. The lowest BCUT2D eigenvalue weighted by Crippen LogP contribution is -2.52. The zero-order valence-electron chi connectivity index (χ0n) is 13.9. The monoisotopic (exact) mass is 436 g/mol. The molecule has 126 valence electrons. The van der Waals surface area contributed by atoms with Gasteiger partial charge in [-0.2, -0.15) is 0 Å². The van der Waals surface area contributed by atoms with Gasteiger partial charge in [-0.05, 0) is 36.3 Å². The van der Waals surface area contributed by atoms with Gasteiger partial charge in [0.1, 0.15) is 0 Å². The number of nitrogens with zero attached hydrogens (tertiary/aromatic N) is 3. The van der Waals surface area contributed by atoms with Crippen LogP contribution < -0.4 is 10.2 Å². The van der Waals surface area contributed by atoms with E-state index in [0.29, 0.717) is 0 Å². The van der Waals surface area contributed by atoms with Crippen molar-refractivity contribution in [2.24, 2.45) is 10.9 Å². The van der Waals surface area contributed by atoms with Crippen LogP contribution in [0.4, 0.5) is 5.00 Å². The molecule has 0 radical (unpaired) electrons. The number of rotatable bonds is 5. The molecule has 6 heteroatoms. The summed E-state index contributed by atoms with van der Waals surface area (Å²) in [4.78, 5) is 9.27. The van der Waals surface area contributed by atoms with Gasteiger partial charge in [-0.15, -0.1) is 35.3 Å². The molecule has 0 atom stereocenters. The van der Waals surface area contributed by atoms with Gasteiger partial charge in [0.15, 0.2) is 5.96 Å². The summed E-state index contributed by atoms with van der Waals surface area (Å²) in [5.41, 5.74) is 0. The Hall–Kier alpha value is -0.500. The van der Waals surface area contributed by atoms with Gasteiger partial charge in [-0.1, -0.05) is 13.8 Å². The van der Waals surface area contributed by atoms with Crippen LogP contribution in [0.2, 0.25) is 0 Å². The van der Waals surface area contributed by atoms with Gasteiger partial charge in [-0.3, -0.25) is 4.99 Å². The minimum absolute atomic E-state index is 0. The molecule has 2 rings (SSSR count). The van der Waals surface area contributed by atoms with Crippen LogP contribution in [0.25, 0.3) is 0 Å². The molecule has 0 aromatic carbocycles. The van der Waals surface area contributed by atoms with Crippen molar-refractivity contribution in [3.63, 3.8) is 0 Å². The van der Waals surface area contributed by atoms with E-state index in [2.05, 4.69) is 51.5 Å². The third-order valence-electron chi connectivity index (χ3n) is 3.85. The third kappa shape index (κ3) is 5.95. The highest BCUT2D eigenvalue weighted by molar-refractivity contribution is 14.0. The SMILES string of the molecule is CN=C(NCCCC(C)C)N1CCN(c2cccs2)CC1.I. The van der Waals surface area contributed by atoms with Gasteiger partial charge in [-0.25, -0.2) is 0 Å². The normalized spacial score (nSPS) is 15.9. The minimum Gasteiger partial charge on any atom is -0.360 e. The Morgan fingerprint density at radius 2 is 2.05 bits per heavy atom. The number of thiophene rings is 1. The Labute approximate surface area is 156 Å². The average molecular weight is 436 g/mol. The molecule has 1 saturated heterocycles. The van der Waals surface area contributed by atoms with Crippen LogP contribution >= 0.6 is 35.3 Å². The molecule has 22 heavy (non-hydrogen) atoms. The lowest BCUT2D eigenvalue weighted by Gasteiger charge is -2.37. The van der Waals surface area contributed by atoms with Gasteiger partial charge in [0.25, 0.3) is 0 Å². The summed E-state index contributed by atoms with van der Waals surface area (Å²) in [6.45, 7) is 9.82. The van der Waals surface area contributed by atoms with Crippen molar-refractivity contribution < 1.29 is 0 Å². The van der Waals surface area contributed by atoms with E-state index in [1.165, 1.54) is 17.8 Å². The van der Waals surface area contributed by atoms with E-state index in [1.807, 2.05) is 18.4 Å². The quantitative estimate of drug-likeness (QED) is 0.332. The van der Waals surface area contributed by atoms with Crippen molar-refractivity contribution >= 4 is 46.3 Å². The van der Waals surface area contributed by atoms with Gasteiger partial charge in [0, 0.05) is 39.8 Å². The predicted molar refractivity (Wildman–Crippen MR) is 109 cm³/mol. The largest absolute Gasteiger partial charge is 0.360 e. The Morgan fingerprint density at radius 3 is 2.59 bits per heavy atom. The molecule has 1 aromatic rings. The fourth-order valence-corrected chi connectivity index (χ4v) is 3.42. The van der Waals surface area contributed by atoms with Crippen LogP contribution in [0.1, 0.15) is 26.7 Å². The number of hydrogen-bond donors (Lipinski definition) is 1. The molecule has 4 nitrogen and oxygen atoms in total. The summed E-state index contributed by atoms with van der Waals surface area (Å²) in [5.74, 6) is 1.84. The lowest BCUT2D eigenvalue weighted by molar-refractivity contribution is 0.372. The molecule has 1 N–H and O–H groups in total. The van der Waals surface area contributed by atoms with Crippen LogP contribution in [-0.4, -0.2) is 50.6 Å². The zero-order chi connectivity index (χ0) is 15.1. The number of guanidine groups is 1. The maximum Gasteiger partial charge on any atom is 0.193 e. The molecule has 1 fully saturated rings. The highest BCUT2D eigenvalue weighted by Gasteiger charge is 2.19. The van der Waals surface area contributed by atoms with E-state index in [-0.39, 0.29) is 24.0 Å². The van der Waals surface area contributed by atoms with E-state index in [1.54, 1.807) is 0 Å². The van der Waals surface area contributed by atoms with Gasteiger partial charge in [0.2, 0.25) is 0 Å². The third-order valence-corrected chi connectivity index (χ3v) is 4.78. The maximum atomic E-state index is 4.43. The lowest BCUT2D eigenvalue weighted by atomic mass is 10.1. The van der Waals surface area contributed by atoms with Crippen LogP contribution in [0.15, 0.2) is 22.5 Å². The number of piperazine rings is 1. The second-order valence-corrected chi connectivity index (χ2v) is 6.86. The summed E-state index contributed by atoms with van der Waals surface area (Å²) in [5, 5.41) is 7.04. The van der Waals surface area contributed by atoms with Crippen molar-refractivity contribution in [2.45, 2.75) is 26.7 Å². The van der Waals surface area contributed by atoms with Gasteiger partial charge < -0.3 is 15.1 Å². The molecular formula is C16H29IN4S. The topological polar surface area (TPSA) is 30.9 Å². The summed E-state index contributed by atoms with van der Waals surface area (Å²) >= 11 is 1.83. The van der Waals surface area contributed by atoms with E-state index in [9.17, 15) is 0 Å². The molecule has 2 heterocycles. The van der Waals surface area contributed by atoms with Gasteiger partial charge in [0.05, 0.1) is 5.00 Å². The van der Waals surface area contributed by atoms with Crippen LogP contribution in [0, 0.1) is 5.92 Å². The second kappa shape index (κ2) is 10.3. The standard InChI is InChI=1S/C16H28N4S.HI/c1-14(2)6-4-8-18-16(17-3)20-11-9-19(10-12-20)15-7-5-13-21-15;/h5,7,13-14H,4,6,8-12H2,1-3H3,(H,17,18);1H. The maximum absolute atomic E-state index is 4.43. The van der Waals surface area contributed by atoms with E-state index in [0.717, 1.165) is 44.6 Å². The summed E-state index contributed by atoms with van der Waals surface area (Å²) in [7, 11) is 1.89. The highest BCUT2D eigenvalue weighted by atomic mass is 127. The molecule has 0 bridgehead atoms. The first-order valence-electron chi connectivity index (χ1n) is 7.94. The molecule has 0 aliphatic carbocycles. The van der Waals surface area contributed by atoms with E-state index in [4.69, 9.17) is 0 Å². The number of halogens is 1. The summed E-state index contributed by atoms with van der Waals surface area (Å²) < 4.78 is 0. The smallest absolute Gasteiger partial charge is 0.193 e. The van der Waals surface area contributed by atoms with Crippen molar-refractivity contribution in [3.8, 4) is 0 Å². The Kier molecular flexibility index (Phi) is 9.16. The van der Waals surface area contributed by atoms with Crippen LogP contribution in [0.5, 0.6) is 0 Å². The van der Waals surface area contributed by atoms with Crippen LogP contribution in [0.3, 0.4) is 0 Å². The molecule has 0 unspecified atom stereocenters. The van der Waals surface area contributed by atoms with Crippen molar-refractivity contribution in [3.05, 3.63) is 17.5 Å². The number of nitrogens with one attached hydrogen (secondary N) is 1. The molecule has 0 spiro atoms. The van der Waals surface area contributed by atoms with E-state index >= 15 is 0 Å². The van der Waals surface area contributed by atoms with Crippen molar-refractivity contribution in [1.29, 1.82) is 0 Å². The second-order valence-electron chi connectivity index (χ2n) is 5.94. The summed E-state index contributed by atoms with van der Waals surface area (Å²) in [6.07, 6.45) is 2.49. The highest BCUT2D eigenvalue weighted by Crippen LogP contribution is 2.22. The fourth-order valence-electron chi connectivity index (χ4n) is 2.63. The Morgan fingerprint density at radius 1 is 1.32 bits per heavy atom. The number of hydrogen-bond acceptors (Lipinski definition) is 3. The molecule has 1 aliphatic rings.